The van der Waals surface area contributed by atoms with Gasteiger partial charge in [0.15, 0.2) is 0 Å². The van der Waals surface area contributed by atoms with E-state index < -0.39 is 0 Å². The number of benzene rings is 1. The van der Waals surface area contributed by atoms with Crippen LogP contribution < -0.4 is 0 Å². The molecule has 1 aliphatic rings. The summed E-state index contributed by atoms with van der Waals surface area (Å²) >= 11 is 0. The van der Waals surface area contributed by atoms with Crippen LogP contribution in [0.5, 0.6) is 0 Å². The van der Waals surface area contributed by atoms with E-state index in [4.69, 9.17) is 0 Å². The molecular weight excluding hydrogens is 238 g/mol. The molecule has 0 spiro atoms. The fraction of sp³-hybridized carbons (Fsp3) is 0.500. The number of nitrogens with zero attached hydrogens (tertiary/aromatic N) is 1. The van der Waals surface area contributed by atoms with Gasteiger partial charge in [-0.25, -0.2) is 0 Å². The van der Waals surface area contributed by atoms with Crippen LogP contribution in [-0.4, -0.2) is 18.0 Å². The zero-order valence-electron chi connectivity index (χ0n) is 8.65. The maximum atomic E-state index is 2.47. The Morgan fingerprint density at radius 3 is 2.36 bits per heavy atom. The molecule has 1 aromatic rings. The second-order valence-electron chi connectivity index (χ2n) is 3.99. The molecule has 0 radical (unpaired) electrons. The second kappa shape index (κ2) is 5.52. The third kappa shape index (κ3) is 2.82. The van der Waals surface area contributed by atoms with E-state index in [1.165, 1.54) is 24.8 Å². The highest BCUT2D eigenvalue weighted by Gasteiger charge is 2.21. The van der Waals surface area contributed by atoms with Crippen LogP contribution in [0.25, 0.3) is 0 Å². The first kappa shape index (κ1) is 11.7. The number of halogens is 1. The van der Waals surface area contributed by atoms with E-state index in [1.807, 2.05) is 0 Å². The average Bonchev–Trinajstić information content (AvgIpc) is 2.02. The summed E-state index contributed by atoms with van der Waals surface area (Å²) in [4.78, 5) is 2.47. The zero-order valence-corrected chi connectivity index (χ0v) is 10.4. The third-order valence-corrected chi connectivity index (χ3v) is 2.97. The molecule has 2 rings (SSSR count). The van der Waals surface area contributed by atoms with Crippen LogP contribution in [0.4, 0.5) is 0 Å². The summed E-state index contributed by atoms with van der Waals surface area (Å²) in [6, 6.07) is 11.6. The molecule has 1 aromatic carbocycles. The minimum atomic E-state index is 0. The van der Waals surface area contributed by atoms with E-state index in [9.17, 15) is 0 Å². The van der Waals surface area contributed by atoms with Crippen molar-refractivity contribution in [2.75, 3.05) is 7.05 Å². The molecule has 0 aliphatic heterocycles. The SMILES string of the molecule is Br.CN(Cc1ccccc1)C1CCC1. The van der Waals surface area contributed by atoms with Crippen LogP contribution in [0.1, 0.15) is 24.8 Å². The van der Waals surface area contributed by atoms with Gasteiger partial charge < -0.3 is 0 Å². The van der Waals surface area contributed by atoms with Gasteiger partial charge in [-0.2, -0.15) is 0 Å². The molecule has 1 aliphatic carbocycles. The third-order valence-electron chi connectivity index (χ3n) is 2.97. The Balaban J connectivity index is 0.000000980. The van der Waals surface area contributed by atoms with Crippen LogP contribution in [0.3, 0.4) is 0 Å². The lowest BCUT2D eigenvalue weighted by Gasteiger charge is -2.34. The lowest BCUT2D eigenvalue weighted by Crippen LogP contribution is -2.36. The summed E-state index contributed by atoms with van der Waals surface area (Å²) in [5.74, 6) is 0. The van der Waals surface area contributed by atoms with Crippen LogP contribution >= 0.6 is 17.0 Å². The van der Waals surface area contributed by atoms with Crippen LogP contribution in [0, 0.1) is 0 Å². The van der Waals surface area contributed by atoms with Crippen molar-refractivity contribution < 1.29 is 0 Å². The minimum absolute atomic E-state index is 0. The predicted octanol–water partition coefficient (Wildman–Crippen LogP) is 3.25. The summed E-state index contributed by atoms with van der Waals surface area (Å²) in [6.07, 6.45) is 4.20. The maximum absolute atomic E-state index is 2.47. The Labute approximate surface area is 96.9 Å². The molecular formula is C12H18BrN. The Bertz CT molecular complexity index is 256. The van der Waals surface area contributed by atoms with Gasteiger partial charge in [0.1, 0.15) is 0 Å². The van der Waals surface area contributed by atoms with E-state index in [0.29, 0.717) is 0 Å². The highest BCUT2D eigenvalue weighted by atomic mass is 79.9. The molecule has 0 unspecified atom stereocenters. The summed E-state index contributed by atoms with van der Waals surface area (Å²) in [6.45, 7) is 1.10. The molecule has 78 valence electrons. The van der Waals surface area contributed by atoms with Crippen molar-refractivity contribution in [2.24, 2.45) is 0 Å². The lowest BCUT2D eigenvalue weighted by atomic mass is 9.91. The van der Waals surface area contributed by atoms with Gasteiger partial charge in [0.05, 0.1) is 0 Å². The lowest BCUT2D eigenvalue weighted by molar-refractivity contribution is 0.152. The van der Waals surface area contributed by atoms with Gasteiger partial charge in [0.2, 0.25) is 0 Å². The fourth-order valence-electron chi connectivity index (χ4n) is 1.83. The Kier molecular flexibility index (Phi) is 4.63. The highest BCUT2D eigenvalue weighted by molar-refractivity contribution is 8.93. The quantitative estimate of drug-likeness (QED) is 0.802. The molecule has 0 amide bonds. The summed E-state index contributed by atoms with van der Waals surface area (Å²) in [5.41, 5.74) is 1.43. The van der Waals surface area contributed by atoms with Gasteiger partial charge in [0, 0.05) is 12.6 Å². The first-order valence-corrected chi connectivity index (χ1v) is 5.10. The predicted molar refractivity (Wildman–Crippen MR) is 65.9 cm³/mol. The Morgan fingerprint density at radius 1 is 1.21 bits per heavy atom. The fourth-order valence-corrected chi connectivity index (χ4v) is 1.83. The normalized spacial score (nSPS) is 16.1. The number of hydrogen-bond acceptors (Lipinski definition) is 1. The molecule has 0 saturated heterocycles. The van der Waals surface area contributed by atoms with Gasteiger partial charge in [-0.15, -0.1) is 17.0 Å². The topological polar surface area (TPSA) is 3.24 Å². The van der Waals surface area contributed by atoms with E-state index >= 15 is 0 Å². The monoisotopic (exact) mass is 255 g/mol. The molecule has 1 fully saturated rings. The van der Waals surface area contributed by atoms with Crippen molar-refractivity contribution in [3.8, 4) is 0 Å². The van der Waals surface area contributed by atoms with Crippen molar-refractivity contribution in [3.05, 3.63) is 35.9 Å². The summed E-state index contributed by atoms with van der Waals surface area (Å²) in [5, 5.41) is 0. The number of hydrogen-bond donors (Lipinski definition) is 0. The standard InChI is InChI=1S/C12H17N.BrH/c1-13(12-8-5-9-12)10-11-6-3-2-4-7-11;/h2-4,6-7,12H,5,8-10H2,1H3;1H. The van der Waals surface area contributed by atoms with Crippen LogP contribution in [0.2, 0.25) is 0 Å². The van der Waals surface area contributed by atoms with Crippen molar-refractivity contribution in [1.29, 1.82) is 0 Å². The molecule has 0 atom stereocenters. The first-order chi connectivity index (χ1) is 6.36. The van der Waals surface area contributed by atoms with Crippen molar-refractivity contribution in [1.82, 2.24) is 4.90 Å². The summed E-state index contributed by atoms with van der Waals surface area (Å²) < 4.78 is 0. The van der Waals surface area contributed by atoms with Gasteiger partial charge in [-0.05, 0) is 25.5 Å². The van der Waals surface area contributed by atoms with Crippen LogP contribution in [0.15, 0.2) is 30.3 Å². The van der Waals surface area contributed by atoms with E-state index in [2.05, 4.69) is 42.3 Å². The number of rotatable bonds is 3. The van der Waals surface area contributed by atoms with Gasteiger partial charge in [-0.1, -0.05) is 36.8 Å². The molecule has 1 saturated carbocycles. The second-order valence-corrected chi connectivity index (χ2v) is 3.99. The van der Waals surface area contributed by atoms with E-state index in [1.54, 1.807) is 0 Å². The van der Waals surface area contributed by atoms with Crippen molar-refractivity contribution in [3.63, 3.8) is 0 Å². The Morgan fingerprint density at radius 2 is 1.86 bits per heavy atom. The molecule has 0 bridgehead atoms. The van der Waals surface area contributed by atoms with Crippen molar-refractivity contribution >= 4 is 17.0 Å². The Hall–Kier alpha value is -0.340. The first-order valence-electron chi connectivity index (χ1n) is 5.10. The average molecular weight is 256 g/mol. The molecule has 0 N–H and O–H groups in total. The van der Waals surface area contributed by atoms with E-state index in [-0.39, 0.29) is 17.0 Å². The van der Waals surface area contributed by atoms with Gasteiger partial charge in [0.25, 0.3) is 0 Å². The molecule has 1 nitrogen and oxygen atoms in total. The summed E-state index contributed by atoms with van der Waals surface area (Å²) in [7, 11) is 2.23. The molecule has 0 heterocycles. The smallest absolute Gasteiger partial charge is 0.0233 e. The largest absolute Gasteiger partial charge is 0.299 e. The molecule has 2 heteroatoms. The van der Waals surface area contributed by atoms with Crippen LogP contribution in [-0.2, 0) is 6.54 Å². The molecule has 0 aromatic heterocycles. The van der Waals surface area contributed by atoms with Gasteiger partial charge in [-0.3, -0.25) is 4.90 Å². The highest BCUT2D eigenvalue weighted by Crippen LogP contribution is 2.24. The zero-order chi connectivity index (χ0) is 9.10. The van der Waals surface area contributed by atoms with Gasteiger partial charge >= 0.3 is 0 Å². The van der Waals surface area contributed by atoms with Crippen molar-refractivity contribution in [2.45, 2.75) is 31.8 Å². The minimum Gasteiger partial charge on any atom is -0.299 e. The molecule has 14 heavy (non-hydrogen) atoms. The maximum Gasteiger partial charge on any atom is 0.0233 e. The van der Waals surface area contributed by atoms with E-state index in [0.717, 1.165) is 12.6 Å².